The number of rotatable bonds is 1. The summed E-state index contributed by atoms with van der Waals surface area (Å²) in [5.41, 5.74) is 1.18. The molecule has 0 fully saturated rings. The number of ketones is 1. The van der Waals surface area contributed by atoms with E-state index in [-0.39, 0.29) is 11.8 Å². The lowest BCUT2D eigenvalue weighted by Gasteiger charge is -2.30. The van der Waals surface area contributed by atoms with Gasteiger partial charge >= 0.3 is 0 Å². The molecule has 0 bridgehead atoms. The fourth-order valence-electron chi connectivity index (χ4n) is 1.75. The number of halogens is 1. The van der Waals surface area contributed by atoms with Crippen LogP contribution in [0.1, 0.15) is 18.0 Å². The Labute approximate surface area is 98.5 Å². The second kappa shape index (κ2) is 4.23. The van der Waals surface area contributed by atoms with E-state index in [1.165, 1.54) is 5.56 Å². The number of hydrogen-bond donors (Lipinski definition) is 0. The summed E-state index contributed by atoms with van der Waals surface area (Å²) >= 11 is 3.40. The van der Waals surface area contributed by atoms with Crippen LogP contribution in [0.3, 0.4) is 0 Å². The zero-order valence-corrected chi connectivity index (χ0v) is 10.1. The van der Waals surface area contributed by atoms with Gasteiger partial charge in [0.05, 0.1) is 0 Å². The van der Waals surface area contributed by atoms with Crippen LogP contribution in [0.15, 0.2) is 41.0 Å². The van der Waals surface area contributed by atoms with Gasteiger partial charge in [0.2, 0.25) is 7.98 Å². The van der Waals surface area contributed by atoms with Crippen molar-refractivity contribution in [3.8, 4) is 0 Å². The molecule has 0 saturated carbocycles. The minimum absolute atomic E-state index is 0.176. The van der Waals surface area contributed by atoms with E-state index in [9.17, 15) is 4.79 Å². The summed E-state index contributed by atoms with van der Waals surface area (Å²) < 4.78 is 1.06. The lowest BCUT2D eigenvalue weighted by Crippen LogP contribution is -2.26. The van der Waals surface area contributed by atoms with E-state index in [1.807, 2.05) is 26.3 Å². The highest BCUT2D eigenvalue weighted by Gasteiger charge is 2.20. The van der Waals surface area contributed by atoms with E-state index in [1.54, 1.807) is 6.08 Å². The topological polar surface area (TPSA) is 20.3 Å². The Bertz CT molecular complexity index is 402. The van der Waals surface area contributed by atoms with E-state index < -0.39 is 0 Å². The molecule has 1 atom stereocenters. The molecule has 1 unspecified atom stereocenters. The molecule has 1 aliphatic rings. The van der Waals surface area contributed by atoms with E-state index in [0.29, 0.717) is 6.42 Å². The SMILES string of the molecule is BN1C=CC(=O)CC1c1ccc(Br)cc1. The average Bonchev–Trinajstić information content (AvgIpc) is 2.23. The van der Waals surface area contributed by atoms with Crippen molar-refractivity contribution in [3.05, 3.63) is 46.6 Å². The second-order valence-electron chi connectivity index (χ2n) is 3.72. The first-order valence-corrected chi connectivity index (χ1v) is 5.64. The van der Waals surface area contributed by atoms with Gasteiger partial charge in [-0.15, -0.1) is 0 Å². The summed E-state index contributed by atoms with van der Waals surface area (Å²) in [5, 5.41) is 0. The normalized spacial score (nSPS) is 20.7. The van der Waals surface area contributed by atoms with Gasteiger partial charge in [-0.1, -0.05) is 28.1 Å². The summed E-state index contributed by atoms with van der Waals surface area (Å²) in [5.74, 6) is 0.195. The zero-order chi connectivity index (χ0) is 10.8. The summed E-state index contributed by atoms with van der Waals surface area (Å²) in [6, 6.07) is 8.29. The Kier molecular flexibility index (Phi) is 2.96. The number of nitrogens with zero attached hydrogens (tertiary/aromatic N) is 1. The zero-order valence-electron chi connectivity index (χ0n) is 8.48. The third-order valence-electron chi connectivity index (χ3n) is 2.64. The Morgan fingerprint density at radius 2 is 2.00 bits per heavy atom. The second-order valence-corrected chi connectivity index (χ2v) is 4.63. The van der Waals surface area contributed by atoms with Crippen molar-refractivity contribution in [3.63, 3.8) is 0 Å². The maximum Gasteiger partial charge on any atom is 0.217 e. The van der Waals surface area contributed by atoms with Gasteiger partial charge in [0, 0.05) is 16.9 Å². The maximum atomic E-state index is 11.3. The molecular formula is C11H11BBrNO. The van der Waals surface area contributed by atoms with Gasteiger partial charge < -0.3 is 4.81 Å². The summed E-state index contributed by atoms with van der Waals surface area (Å²) in [7, 11) is 2.00. The molecule has 0 N–H and O–H groups in total. The highest BCUT2D eigenvalue weighted by Crippen LogP contribution is 2.27. The molecule has 0 aromatic heterocycles. The average molecular weight is 264 g/mol. The van der Waals surface area contributed by atoms with Gasteiger partial charge in [-0.25, -0.2) is 0 Å². The molecule has 76 valence electrons. The van der Waals surface area contributed by atoms with E-state index in [0.717, 1.165) is 4.47 Å². The van der Waals surface area contributed by atoms with Gasteiger partial charge in [0.15, 0.2) is 5.78 Å². The minimum atomic E-state index is 0.176. The lowest BCUT2D eigenvalue weighted by atomic mass is 9.95. The minimum Gasteiger partial charge on any atom is -0.421 e. The molecule has 2 rings (SSSR count). The van der Waals surface area contributed by atoms with Crippen LogP contribution in [0.2, 0.25) is 0 Å². The van der Waals surface area contributed by atoms with Gasteiger partial charge in [-0.3, -0.25) is 4.79 Å². The van der Waals surface area contributed by atoms with Crippen LogP contribution >= 0.6 is 15.9 Å². The third-order valence-corrected chi connectivity index (χ3v) is 3.17. The Morgan fingerprint density at radius 1 is 1.33 bits per heavy atom. The number of carbonyl (C=O) groups excluding carboxylic acids is 1. The maximum absolute atomic E-state index is 11.3. The number of allylic oxidation sites excluding steroid dienone is 1. The number of carbonyl (C=O) groups is 1. The van der Waals surface area contributed by atoms with Crippen molar-refractivity contribution in [1.82, 2.24) is 4.81 Å². The molecule has 2 nitrogen and oxygen atoms in total. The van der Waals surface area contributed by atoms with Gasteiger partial charge in [-0.05, 0) is 30.0 Å². The predicted molar refractivity (Wildman–Crippen MR) is 66.0 cm³/mol. The van der Waals surface area contributed by atoms with Crippen LogP contribution in [0, 0.1) is 0 Å². The van der Waals surface area contributed by atoms with E-state index >= 15 is 0 Å². The van der Waals surface area contributed by atoms with Crippen molar-refractivity contribution in [2.75, 3.05) is 0 Å². The molecule has 0 spiro atoms. The molecule has 0 aliphatic carbocycles. The van der Waals surface area contributed by atoms with Crippen LogP contribution in [0.4, 0.5) is 0 Å². The monoisotopic (exact) mass is 263 g/mol. The number of hydrogen-bond acceptors (Lipinski definition) is 2. The molecule has 1 aliphatic heterocycles. The Morgan fingerprint density at radius 3 is 2.67 bits per heavy atom. The molecule has 0 radical (unpaired) electrons. The van der Waals surface area contributed by atoms with Crippen LogP contribution in [0.5, 0.6) is 0 Å². The van der Waals surface area contributed by atoms with Crippen molar-refractivity contribution < 1.29 is 4.79 Å². The molecule has 1 heterocycles. The third kappa shape index (κ3) is 2.32. The molecule has 1 aromatic carbocycles. The summed E-state index contributed by atoms with van der Waals surface area (Å²) in [6.45, 7) is 0. The highest BCUT2D eigenvalue weighted by molar-refractivity contribution is 9.10. The number of benzene rings is 1. The molecule has 0 saturated heterocycles. The van der Waals surface area contributed by atoms with Crippen molar-refractivity contribution in [2.45, 2.75) is 12.5 Å². The lowest BCUT2D eigenvalue weighted by molar-refractivity contribution is -0.115. The molecule has 4 heteroatoms. The van der Waals surface area contributed by atoms with Crippen molar-refractivity contribution >= 4 is 29.7 Å². The quantitative estimate of drug-likeness (QED) is 0.721. The first kappa shape index (κ1) is 10.5. The van der Waals surface area contributed by atoms with Gasteiger partial charge in [-0.2, -0.15) is 0 Å². The molecule has 1 aromatic rings. The molecular weight excluding hydrogens is 253 g/mol. The van der Waals surface area contributed by atoms with Crippen molar-refractivity contribution in [2.24, 2.45) is 0 Å². The van der Waals surface area contributed by atoms with Gasteiger partial charge in [0.25, 0.3) is 0 Å². The summed E-state index contributed by atoms with van der Waals surface area (Å²) in [6.07, 6.45) is 4.04. The van der Waals surface area contributed by atoms with Crippen LogP contribution in [0.25, 0.3) is 0 Å². The first-order chi connectivity index (χ1) is 7.16. The highest BCUT2D eigenvalue weighted by atomic mass is 79.9. The van der Waals surface area contributed by atoms with Crippen LogP contribution in [-0.2, 0) is 4.79 Å². The Balaban J connectivity index is 2.27. The van der Waals surface area contributed by atoms with Gasteiger partial charge in [0.1, 0.15) is 0 Å². The summed E-state index contributed by atoms with van der Waals surface area (Å²) in [4.78, 5) is 13.4. The van der Waals surface area contributed by atoms with E-state index in [4.69, 9.17) is 0 Å². The fraction of sp³-hybridized carbons (Fsp3) is 0.182. The fourth-order valence-corrected chi connectivity index (χ4v) is 2.01. The largest absolute Gasteiger partial charge is 0.421 e. The van der Waals surface area contributed by atoms with Crippen LogP contribution < -0.4 is 0 Å². The van der Waals surface area contributed by atoms with E-state index in [2.05, 4.69) is 32.9 Å². The smallest absolute Gasteiger partial charge is 0.217 e. The molecule has 15 heavy (non-hydrogen) atoms. The molecule has 0 amide bonds. The predicted octanol–water partition coefficient (Wildman–Crippen LogP) is 1.83. The Hall–Kier alpha value is -1.03. The first-order valence-electron chi connectivity index (χ1n) is 4.85. The standard InChI is InChI=1S/C11H11BBrNO/c12-14-6-5-10(15)7-11(14)8-1-3-9(13)4-2-8/h1-6,11H,7,12H2. The van der Waals surface area contributed by atoms with Crippen LogP contribution in [-0.4, -0.2) is 18.6 Å². The van der Waals surface area contributed by atoms with Crippen molar-refractivity contribution in [1.29, 1.82) is 0 Å².